The third-order valence-corrected chi connectivity index (χ3v) is 13.4. The van der Waals surface area contributed by atoms with Crippen LogP contribution >= 0.6 is 0 Å². The van der Waals surface area contributed by atoms with Crippen LogP contribution in [0.25, 0.3) is 101 Å². The molecule has 0 aliphatic heterocycles. The molecule has 0 unspecified atom stereocenters. The highest BCUT2D eigenvalue weighted by Gasteiger charge is 2.49. The van der Waals surface area contributed by atoms with Gasteiger partial charge in [0.1, 0.15) is 0 Å². The van der Waals surface area contributed by atoms with Crippen LogP contribution in [0.5, 0.6) is 5.75 Å². The molecule has 0 amide bonds. The van der Waals surface area contributed by atoms with E-state index in [1.807, 2.05) is 99.9 Å². The summed E-state index contributed by atoms with van der Waals surface area (Å²) in [7, 11) is -6.08. The molecule has 0 bridgehead atoms. The second-order valence-corrected chi connectivity index (χ2v) is 19.0. The number of hydrogen-bond acceptors (Lipinski definition) is 6. The summed E-state index contributed by atoms with van der Waals surface area (Å²) in [5.74, 6) is -0.490. The second kappa shape index (κ2) is 19.1. The van der Waals surface area contributed by atoms with Crippen molar-refractivity contribution in [3.8, 4) is 106 Å². The van der Waals surface area contributed by atoms with Gasteiger partial charge in [0.15, 0.2) is 5.75 Å². The summed E-state index contributed by atoms with van der Waals surface area (Å²) in [4.78, 5) is 13.7. The Bertz CT molecular complexity index is 3520. The highest BCUT2D eigenvalue weighted by atomic mass is 32.2. The summed E-state index contributed by atoms with van der Waals surface area (Å²) < 4.78 is 72.9. The molecule has 0 atom stereocenters. The summed E-state index contributed by atoms with van der Waals surface area (Å²) in [6.07, 6.45) is 5.34. The third kappa shape index (κ3) is 9.75. The first-order chi connectivity index (χ1) is 34.3. The summed E-state index contributed by atoms with van der Waals surface area (Å²) in [6.45, 7) is 5.88. The average Bonchev–Trinajstić information content (AvgIpc) is 3.39. The number of alkyl halides is 3. The number of aromatic nitrogens is 3. The third-order valence-electron chi connectivity index (χ3n) is 12.4. The Balaban J connectivity index is 1.15. The molecule has 6 nitrogen and oxygen atoms in total. The van der Waals surface area contributed by atoms with Crippen molar-refractivity contribution in [3.63, 3.8) is 0 Å². The fourth-order valence-electron chi connectivity index (χ4n) is 8.73. The minimum atomic E-state index is -6.08. The maximum absolute atomic E-state index is 14.1. The summed E-state index contributed by atoms with van der Waals surface area (Å²) >= 11 is 0. The zero-order valence-electron chi connectivity index (χ0n) is 38.8. The number of pyridine rings is 3. The molecule has 0 fully saturated rings. The van der Waals surface area contributed by atoms with Crippen LogP contribution in [0.2, 0.25) is 0 Å². The first kappa shape index (κ1) is 46.3. The number of halogens is 3. The Kier molecular flexibility index (Phi) is 12.5. The average molecular weight is 956 g/mol. The zero-order chi connectivity index (χ0) is 49.3. The first-order valence-electron chi connectivity index (χ1n) is 22.9. The highest BCUT2D eigenvalue weighted by molar-refractivity contribution is 7.88. The summed E-state index contributed by atoms with van der Waals surface area (Å²) in [5, 5.41) is 0. The highest BCUT2D eigenvalue weighted by Crippen LogP contribution is 2.45. The van der Waals surface area contributed by atoms with Crippen LogP contribution in [-0.4, -0.2) is 28.9 Å². The van der Waals surface area contributed by atoms with Crippen LogP contribution in [0, 0.1) is 20.8 Å². The zero-order valence-corrected chi connectivity index (χ0v) is 39.6. The Morgan fingerprint density at radius 2 is 0.676 bits per heavy atom. The van der Waals surface area contributed by atoms with Crippen molar-refractivity contribution in [3.05, 3.63) is 229 Å². The molecular weight excluding hydrogens is 912 g/mol. The smallest absolute Gasteiger partial charge is 0.375 e. The lowest BCUT2D eigenvalue weighted by atomic mass is 9.86. The molecule has 0 aliphatic rings. The molecule has 0 N–H and O–H groups in total. The van der Waals surface area contributed by atoms with Crippen LogP contribution < -0.4 is 4.18 Å². The Hall–Kier alpha value is -8.47. The van der Waals surface area contributed by atoms with Gasteiger partial charge in [0, 0.05) is 40.8 Å². The predicted molar refractivity (Wildman–Crippen MR) is 279 cm³/mol. The first-order valence-corrected chi connectivity index (χ1v) is 24.3. The van der Waals surface area contributed by atoms with Crippen molar-refractivity contribution >= 4 is 10.1 Å². The number of aryl methyl sites for hydroxylation is 3. The van der Waals surface area contributed by atoms with Crippen LogP contribution in [-0.2, 0) is 10.1 Å². The maximum atomic E-state index is 14.1. The molecule has 0 saturated heterocycles. The fraction of sp³-hybridized carbons (Fsp3) is 0.0656. The van der Waals surface area contributed by atoms with Gasteiger partial charge in [-0.3, -0.25) is 15.0 Å². The second-order valence-electron chi connectivity index (χ2n) is 17.4. The lowest BCUT2D eigenvalue weighted by Crippen LogP contribution is -2.28. The topological polar surface area (TPSA) is 82.0 Å². The molecule has 71 heavy (non-hydrogen) atoms. The number of benzene rings is 7. The lowest BCUT2D eigenvalue weighted by molar-refractivity contribution is -0.0499. The molecule has 3 heterocycles. The molecular formula is C61H44F3N3O3S. The van der Waals surface area contributed by atoms with E-state index >= 15 is 0 Å². The molecule has 348 valence electrons. The van der Waals surface area contributed by atoms with Crippen LogP contribution in [0.3, 0.4) is 0 Å². The lowest BCUT2D eigenvalue weighted by Gasteiger charge is -2.19. The van der Waals surface area contributed by atoms with Crippen molar-refractivity contribution in [1.82, 2.24) is 15.0 Å². The normalized spacial score (nSPS) is 11.6. The molecule has 10 aromatic rings. The molecule has 7 aromatic carbocycles. The molecule has 3 aromatic heterocycles. The molecule has 0 spiro atoms. The van der Waals surface area contributed by atoms with Crippen molar-refractivity contribution < 1.29 is 25.8 Å². The van der Waals surface area contributed by atoms with E-state index in [4.69, 9.17) is 4.18 Å². The van der Waals surface area contributed by atoms with E-state index in [9.17, 15) is 21.6 Å². The van der Waals surface area contributed by atoms with Gasteiger partial charge in [-0.25, -0.2) is 0 Å². The standard InChI is InChI=1S/C61H44F3N3O3S/c1-39-16-29-57(65-36-39)44-23-19-42(20-24-44)50-10-4-6-12-52(50)47-32-48(53-13-7-5-11-51(53)43-21-25-45(26-22-43)58-30-17-40(2)37-66-58)34-49(33-47)54-14-8-9-15-55(54)56-28-27-46(59-31-18-41(3)38-67-59)35-60(56)70-71(68,69)61(62,63)64/h4-38H,1-3H3. The van der Waals surface area contributed by atoms with Crippen molar-refractivity contribution in [2.24, 2.45) is 0 Å². The fourth-order valence-corrected chi connectivity index (χ4v) is 9.20. The van der Waals surface area contributed by atoms with Gasteiger partial charge >= 0.3 is 15.6 Å². The summed E-state index contributed by atoms with van der Waals surface area (Å²) in [6, 6.07) is 62.7. The Morgan fingerprint density at radius 3 is 1.04 bits per heavy atom. The number of rotatable bonds is 11. The van der Waals surface area contributed by atoms with E-state index in [1.165, 1.54) is 6.07 Å². The van der Waals surface area contributed by atoms with Crippen molar-refractivity contribution in [2.75, 3.05) is 0 Å². The van der Waals surface area contributed by atoms with E-state index in [2.05, 4.69) is 106 Å². The SMILES string of the molecule is Cc1ccc(-c2ccc(-c3ccccc3-c3cc(-c4ccccc4-c4ccc(-c5ccc(C)cn5)cc4)cc(-c4ccccc4-c4ccc(-c5ccc(C)cn5)cc4OS(=O)(=O)C(F)(F)F)c3)cc2)nc1. The van der Waals surface area contributed by atoms with Gasteiger partial charge < -0.3 is 4.18 Å². The molecule has 0 radical (unpaired) electrons. The largest absolute Gasteiger partial charge is 0.534 e. The number of nitrogens with zero attached hydrogens (tertiary/aromatic N) is 3. The van der Waals surface area contributed by atoms with Crippen LogP contribution in [0.15, 0.2) is 213 Å². The molecule has 10 heteroatoms. The minimum Gasteiger partial charge on any atom is -0.375 e. The van der Waals surface area contributed by atoms with E-state index in [0.717, 1.165) is 89.3 Å². The maximum Gasteiger partial charge on any atom is 0.534 e. The van der Waals surface area contributed by atoms with Gasteiger partial charge in [-0.05, 0) is 147 Å². The van der Waals surface area contributed by atoms with Crippen molar-refractivity contribution in [1.29, 1.82) is 0 Å². The van der Waals surface area contributed by atoms with Gasteiger partial charge in [-0.1, -0.05) is 146 Å². The van der Waals surface area contributed by atoms with E-state index in [-0.39, 0.29) is 5.56 Å². The minimum absolute atomic E-state index is 0.142. The Morgan fingerprint density at radius 1 is 0.352 bits per heavy atom. The van der Waals surface area contributed by atoms with Crippen LogP contribution in [0.4, 0.5) is 13.2 Å². The Labute approximate surface area is 411 Å². The van der Waals surface area contributed by atoms with E-state index in [1.54, 1.807) is 36.5 Å². The molecule has 10 rings (SSSR count). The van der Waals surface area contributed by atoms with E-state index < -0.39 is 21.4 Å². The van der Waals surface area contributed by atoms with Gasteiger partial charge in [0.25, 0.3) is 0 Å². The predicted octanol–water partition coefficient (Wildman–Crippen LogP) is 16.0. The van der Waals surface area contributed by atoms with Crippen molar-refractivity contribution in [2.45, 2.75) is 26.3 Å². The van der Waals surface area contributed by atoms with Gasteiger partial charge in [0.05, 0.1) is 17.1 Å². The van der Waals surface area contributed by atoms with Gasteiger partial charge in [0.2, 0.25) is 0 Å². The van der Waals surface area contributed by atoms with E-state index in [0.29, 0.717) is 22.4 Å². The van der Waals surface area contributed by atoms with Gasteiger partial charge in [-0.15, -0.1) is 0 Å². The quantitative estimate of drug-likeness (QED) is 0.0949. The summed E-state index contributed by atoms with van der Waals surface area (Å²) in [5.41, 5.74) is 11.4. The monoisotopic (exact) mass is 955 g/mol. The van der Waals surface area contributed by atoms with Gasteiger partial charge in [-0.2, -0.15) is 21.6 Å². The number of hydrogen-bond donors (Lipinski definition) is 0. The molecule has 0 aliphatic carbocycles. The van der Waals surface area contributed by atoms with Crippen LogP contribution in [0.1, 0.15) is 16.7 Å². The molecule has 0 saturated carbocycles.